The molecule has 1 heterocycles. The van der Waals surface area contributed by atoms with E-state index in [4.69, 9.17) is 0 Å². The molecule has 0 radical (unpaired) electrons. The minimum Gasteiger partial charge on any atom is -0.366 e. The first-order valence-corrected chi connectivity index (χ1v) is 7.51. The Morgan fingerprint density at radius 2 is 2.15 bits per heavy atom. The van der Waals surface area contributed by atoms with Gasteiger partial charge in [-0.1, -0.05) is 6.92 Å². The van der Waals surface area contributed by atoms with Gasteiger partial charge in [0.1, 0.15) is 5.82 Å². The van der Waals surface area contributed by atoms with E-state index in [-0.39, 0.29) is 11.9 Å². The van der Waals surface area contributed by atoms with Gasteiger partial charge in [0, 0.05) is 37.4 Å². The summed E-state index contributed by atoms with van der Waals surface area (Å²) in [7, 11) is 2.15. The van der Waals surface area contributed by atoms with E-state index >= 15 is 0 Å². The van der Waals surface area contributed by atoms with Crippen LogP contribution in [0.4, 0.5) is 10.1 Å². The molecule has 0 spiro atoms. The summed E-state index contributed by atoms with van der Waals surface area (Å²) in [6, 6.07) is 5.79. The van der Waals surface area contributed by atoms with Crippen molar-refractivity contribution in [1.29, 1.82) is 0 Å². The van der Waals surface area contributed by atoms with E-state index in [9.17, 15) is 4.39 Å². The van der Waals surface area contributed by atoms with Crippen molar-refractivity contribution in [2.24, 2.45) is 0 Å². The summed E-state index contributed by atoms with van der Waals surface area (Å²) in [4.78, 5) is 4.75. The third-order valence-electron chi connectivity index (χ3n) is 4.11. The summed E-state index contributed by atoms with van der Waals surface area (Å²) in [5, 5.41) is 3.39. The van der Waals surface area contributed by atoms with Gasteiger partial charge in [-0.2, -0.15) is 0 Å². The van der Waals surface area contributed by atoms with Crippen LogP contribution < -0.4 is 10.2 Å². The largest absolute Gasteiger partial charge is 0.366 e. The first kappa shape index (κ1) is 15.3. The molecule has 2 rings (SSSR count). The van der Waals surface area contributed by atoms with E-state index in [0.717, 1.165) is 31.7 Å². The molecule has 0 bridgehead atoms. The highest BCUT2D eigenvalue weighted by Crippen LogP contribution is 2.30. The monoisotopic (exact) mass is 279 g/mol. The quantitative estimate of drug-likeness (QED) is 0.914. The van der Waals surface area contributed by atoms with Gasteiger partial charge in [0.25, 0.3) is 0 Å². The molecule has 1 aromatic rings. The first-order chi connectivity index (χ1) is 9.52. The van der Waals surface area contributed by atoms with E-state index in [1.165, 1.54) is 5.69 Å². The Kier molecular flexibility index (Phi) is 5.00. The van der Waals surface area contributed by atoms with E-state index in [1.54, 1.807) is 12.1 Å². The Balaban J connectivity index is 2.30. The minimum atomic E-state index is -0.157. The Hall–Kier alpha value is -1.13. The number of anilines is 1. The van der Waals surface area contributed by atoms with Gasteiger partial charge < -0.3 is 15.1 Å². The smallest absolute Gasteiger partial charge is 0.123 e. The molecular formula is C16H26FN3. The number of nitrogens with one attached hydrogen (secondary N) is 1. The third kappa shape index (κ3) is 3.30. The maximum absolute atomic E-state index is 13.6. The SMILES string of the molecule is CCNC(C)c1cc(F)ccc1N1CCN(C)CC1C. The van der Waals surface area contributed by atoms with Gasteiger partial charge in [-0.25, -0.2) is 4.39 Å². The minimum absolute atomic E-state index is 0.157. The number of piperazine rings is 1. The molecule has 0 saturated carbocycles. The number of benzene rings is 1. The highest BCUT2D eigenvalue weighted by atomic mass is 19.1. The highest BCUT2D eigenvalue weighted by Gasteiger charge is 2.24. The number of rotatable bonds is 4. The molecule has 2 atom stereocenters. The van der Waals surface area contributed by atoms with Crippen LogP contribution >= 0.6 is 0 Å². The normalized spacial score (nSPS) is 22.1. The number of halogens is 1. The van der Waals surface area contributed by atoms with Crippen LogP contribution in [-0.4, -0.2) is 44.2 Å². The summed E-state index contributed by atoms with van der Waals surface area (Å²) in [5.74, 6) is -0.157. The molecule has 1 aliphatic heterocycles. The predicted octanol–water partition coefficient (Wildman–Crippen LogP) is 2.64. The fourth-order valence-corrected chi connectivity index (χ4v) is 3.05. The molecule has 0 aliphatic carbocycles. The molecular weight excluding hydrogens is 253 g/mol. The van der Waals surface area contributed by atoms with Crippen molar-refractivity contribution < 1.29 is 4.39 Å². The molecule has 1 saturated heterocycles. The van der Waals surface area contributed by atoms with Gasteiger partial charge in [0.2, 0.25) is 0 Å². The lowest BCUT2D eigenvalue weighted by molar-refractivity contribution is 0.275. The van der Waals surface area contributed by atoms with Gasteiger partial charge in [-0.3, -0.25) is 0 Å². The van der Waals surface area contributed by atoms with E-state index in [0.29, 0.717) is 6.04 Å². The Morgan fingerprint density at radius 1 is 1.40 bits per heavy atom. The lowest BCUT2D eigenvalue weighted by Crippen LogP contribution is -2.51. The third-order valence-corrected chi connectivity index (χ3v) is 4.11. The van der Waals surface area contributed by atoms with Gasteiger partial charge in [0.05, 0.1) is 0 Å². The van der Waals surface area contributed by atoms with E-state index in [1.807, 2.05) is 6.07 Å². The molecule has 112 valence electrons. The van der Waals surface area contributed by atoms with Crippen molar-refractivity contribution in [3.05, 3.63) is 29.6 Å². The number of likely N-dealkylation sites (N-methyl/N-ethyl adjacent to an activating group) is 1. The van der Waals surface area contributed by atoms with Crippen molar-refractivity contribution >= 4 is 5.69 Å². The van der Waals surface area contributed by atoms with Crippen molar-refractivity contribution in [2.75, 3.05) is 38.1 Å². The molecule has 20 heavy (non-hydrogen) atoms. The lowest BCUT2D eigenvalue weighted by Gasteiger charge is -2.41. The molecule has 3 nitrogen and oxygen atoms in total. The van der Waals surface area contributed by atoms with E-state index in [2.05, 4.69) is 42.9 Å². The molecule has 1 aliphatic rings. The Bertz CT molecular complexity index is 449. The second kappa shape index (κ2) is 6.55. The number of hydrogen-bond acceptors (Lipinski definition) is 3. The maximum Gasteiger partial charge on any atom is 0.123 e. The van der Waals surface area contributed by atoms with Crippen LogP contribution in [-0.2, 0) is 0 Å². The van der Waals surface area contributed by atoms with Crippen molar-refractivity contribution in [3.63, 3.8) is 0 Å². The zero-order chi connectivity index (χ0) is 14.7. The summed E-state index contributed by atoms with van der Waals surface area (Å²) < 4.78 is 13.6. The Labute approximate surface area is 121 Å². The van der Waals surface area contributed by atoms with Gasteiger partial charge in [-0.15, -0.1) is 0 Å². The topological polar surface area (TPSA) is 18.5 Å². The van der Waals surface area contributed by atoms with Crippen LogP contribution in [0.1, 0.15) is 32.4 Å². The zero-order valence-electron chi connectivity index (χ0n) is 13.0. The van der Waals surface area contributed by atoms with Crippen molar-refractivity contribution in [2.45, 2.75) is 32.9 Å². The molecule has 2 unspecified atom stereocenters. The Morgan fingerprint density at radius 3 is 2.80 bits per heavy atom. The maximum atomic E-state index is 13.6. The molecule has 0 aromatic heterocycles. The van der Waals surface area contributed by atoms with E-state index < -0.39 is 0 Å². The summed E-state index contributed by atoms with van der Waals surface area (Å²) in [6.45, 7) is 10.4. The van der Waals surface area contributed by atoms with Crippen LogP contribution in [0.25, 0.3) is 0 Å². The van der Waals surface area contributed by atoms with Crippen LogP contribution in [0.15, 0.2) is 18.2 Å². The molecule has 4 heteroatoms. The van der Waals surface area contributed by atoms with Crippen LogP contribution in [0, 0.1) is 5.82 Å². The summed E-state index contributed by atoms with van der Waals surface area (Å²) >= 11 is 0. The van der Waals surface area contributed by atoms with Gasteiger partial charge in [0.15, 0.2) is 0 Å². The molecule has 1 N–H and O–H groups in total. The standard InChI is InChI=1S/C16H26FN3/c1-5-18-13(3)15-10-14(17)6-7-16(15)20-9-8-19(4)11-12(20)2/h6-7,10,12-13,18H,5,8-9,11H2,1-4H3. The second-order valence-corrected chi connectivity index (χ2v) is 5.79. The zero-order valence-corrected chi connectivity index (χ0v) is 13.0. The van der Waals surface area contributed by atoms with Crippen LogP contribution in [0.5, 0.6) is 0 Å². The second-order valence-electron chi connectivity index (χ2n) is 5.79. The predicted molar refractivity (Wildman–Crippen MR) is 82.8 cm³/mol. The van der Waals surface area contributed by atoms with Crippen molar-refractivity contribution in [3.8, 4) is 0 Å². The lowest BCUT2D eigenvalue weighted by atomic mass is 10.0. The average Bonchev–Trinajstić information content (AvgIpc) is 2.39. The fraction of sp³-hybridized carbons (Fsp3) is 0.625. The van der Waals surface area contributed by atoms with Crippen molar-refractivity contribution in [1.82, 2.24) is 10.2 Å². The number of hydrogen-bond donors (Lipinski definition) is 1. The molecule has 0 amide bonds. The molecule has 1 fully saturated rings. The van der Waals surface area contributed by atoms with Crippen LogP contribution in [0.3, 0.4) is 0 Å². The first-order valence-electron chi connectivity index (χ1n) is 7.51. The van der Waals surface area contributed by atoms with Gasteiger partial charge >= 0.3 is 0 Å². The molecule has 1 aromatic carbocycles. The highest BCUT2D eigenvalue weighted by molar-refractivity contribution is 5.56. The fourth-order valence-electron chi connectivity index (χ4n) is 3.05. The summed E-state index contributed by atoms with van der Waals surface area (Å²) in [5.41, 5.74) is 2.23. The number of nitrogens with zero attached hydrogens (tertiary/aromatic N) is 2. The van der Waals surface area contributed by atoms with Crippen LogP contribution in [0.2, 0.25) is 0 Å². The average molecular weight is 279 g/mol. The summed E-state index contributed by atoms with van der Waals surface area (Å²) in [6.07, 6.45) is 0. The van der Waals surface area contributed by atoms with Gasteiger partial charge in [-0.05, 0) is 51.2 Å².